The highest BCUT2D eigenvalue weighted by molar-refractivity contribution is 7.80. The van der Waals surface area contributed by atoms with Crippen LogP contribution in [0.2, 0.25) is 0 Å². The van der Waals surface area contributed by atoms with Crippen molar-refractivity contribution in [2.24, 2.45) is 5.92 Å². The zero-order valence-corrected chi connectivity index (χ0v) is 12.0. The minimum atomic E-state index is 0.531. The Kier molecular flexibility index (Phi) is 4.59. The fourth-order valence-corrected chi connectivity index (χ4v) is 2.86. The van der Waals surface area contributed by atoms with Crippen molar-refractivity contribution in [2.75, 3.05) is 5.32 Å². The van der Waals surface area contributed by atoms with Gasteiger partial charge in [0.15, 0.2) is 5.11 Å². The Morgan fingerprint density at radius 2 is 2.06 bits per heavy atom. The molecule has 1 aromatic carbocycles. The molecular formula is C15H22N2S. The van der Waals surface area contributed by atoms with Crippen LogP contribution in [-0.2, 0) is 0 Å². The van der Waals surface area contributed by atoms with Crippen LogP contribution in [0.1, 0.15) is 38.2 Å². The van der Waals surface area contributed by atoms with Crippen LogP contribution in [-0.4, -0.2) is 11.2 Å². The molecule has 1 saturated carbocycles. The highest BCUT2D eigenvalue weighted by Crippen LogP contribution is 2.23. The Labute approximate surface area is 115 Å². The molecule has 2 rings (SSSR count). The van der Waals surface area contributed by atoms with Crippen LogP contribution in [0.15, 0.2) is 24.3 Å². The van der Waals surface area contributed by atoms with E-state index < -0.39 is 0 Å². The summed E-state index contributed by atoms with van der Waals surface area (Å²) in [6.07, 6.45) is 5.22. The lowest BCUT2D eigenvalue weighted by molar-refractivity contribution is 0.309. The van der Waals surface area contributed by atoms with Gasteiger partial charge in [-0.15, -0.1) is 0 Å². The summed E-state index contributed by atoms with van der Waals surface area (Å²) >= 11 is 5.39. The molecule has 3 heteroatoms. The maximum atomic E-state index is 5.39. The minimum absolute atomic E-state index is 0.531. The van der Waals surface area contributed by atoms with E-state index in [4.69, 9.17) is 12.2 Å². The van der Waals surface area contributed by atoms with Gasteiger partial charge in [-0.2, -0.15) is 0 Å². The summed E-state index contributed by atoms with van der Waals surface area (Å²) in [4.78, 5) is 0. The summed E-state index contributed by atoms with van der Waals surface area (Å²) < 4.78 is 0. The standard InChI is InChI=1S/C15H22N2S/c1-11-6-5-8-13(10-11)16-15(18)17-14-9-4-3-7-12(14)2/h5-6,8,10,12,14H,3-4,7,9H2,1-2H3,(H2,16,17,18)/t12-,14-/m1/s1. The first-order chi connectivity index (χ1) is 8.65. The van der Waals surface area contributed by atoms with Gasteiger partial charge in [0.1, 0.15) is 0 Å². The third kappa shape index (κ3) is 3.70. The minimum Gasteiger partial charge on any atom is -0.359 e. The van der Waals surface area contributed by atoms with E-state index in [1.54, 1.807) is 0 Å². The maximum absolute atomic E-state index is 5.39. The van der Waals surface area contributed by atoms with E-state index in [0.29, 0.717) is 6.04 Å². The molecule has 2 atom stereocenters. The van der Waals surface area contributed by atoms with Crippen molar-refractivity contribution in [1.82, 2.24) is 5.32 Å². The lowest BCUT2D eigenvalue weighted by Crippen LogP contribution is -2.43. The summed E-state index contributed by atoms with van der Waals surface area (Å²) in [5.74, 6) is 0.719. The zero-order chi connectivity index (χ0) is 13.0. The van der Waals surface area contributed by atoms with Gasteiger partial charge < -0.3 is 10.6 Å². The predicted octanol–water partition coefficient (Wildman–Crippen LogP) is 3.86. The molecule has 1 aliphatic carbocycles. The summed E-state index contributed by atoms with van der Waals surface area (Å²) in [5, 5.41) is 7.48. The molecule has 0 heterocycles. The van der Waals surface area contributed by atoms with E-state index in [-0.39, 0.29) is 0 Å². The molecule has 0 amide bonds. The number of benzene rings is 1. The van der Waals surface area contributed by atoms with Crippen LogP contribution in [0.3, 0.4) is 0 Å². The van der Waals surface area contributed by atoms with Gasteiger partial charge in [0.2, 0.25) is 0 Å². The van der Waals surface area contributed by atoms with Gasteiger partial charge in [0.05, 0.1) is 0 Å². The van der Waals surface area contributed by atoms with E-state index in [0.717, 1.165) is 16.7 Å². The summed E-state index contributed by atoms with van der Waals surface area (Å²) in [6.45, 7) is 4.40. The van der Waals surface area contributed by atoms with Crippen LogP contribution >= 0.6 is 12.2 Å². The van der Waals surface area contributed by atoms with Gasteiger partial charge in [-0.25, -0.2) is 0 Å². The van der Waals surface area contributed by atoms with Crippen molar-refractivity contribution in [3.63, 3.8) is 0 Å². The fourth-order valence-electron chi connectivity index (χ4n) is 2.59. The van der Waals surface area contributed by atoms with Crippen LogP contribution in [0.25, 0.3) is 0 Å². The van der Waals surface area contributed by atoms with Gasteiger partial charge in [-0.05, 0) is 55.6 Å². The second-order valence-corrected chi connectivity index (χ2v) is 5.74. The van der Waals surface area contributed by atoms with Gasteiger partial charge >= 0.3 is 0 Å². The number of hydrogen-bond donors (Lipinski definition) is 2. The van der Waals surface area contributed by atoms with Crippen molar-refractivity contribution < 1.29 is 0 Å². The molecule has 1 fully saturated rings. The van der Waals surface area contributed by atoms with Crippen molar-refractivity contribution in [3.8, 4) is 0 Å². The molecule has 0 radical (unpaired) electrons. The van der Waals surface area contributed by atoms with Gasteiger partial charge in [0, 0.05) is 11.7 Å². The lowest BCUT2D eigenvalue weighted by Gasteiger charge is -2.30. The first-order valence-corrected chi connectivity index (χ1v) is 7.20. The molecule has 98 valence electrons. The molecule has 2 N–H and O–H groups in total. The van der Waals surface area contributed by atoms with Crippen molar-refractivity contribution in [2.45, 2.75) is 45.6 Å². The quantitative estimate of drug-likeness (QED) is 0.791. The van der Waals surface area contributed by atoms with E-state index in [9.17, 15) is 0 Å². The molecule has 2 nitrogen and oxygen atoms in total. The topological polar surface area (TPSA) is 24.1 Å². The summed E-state index contributed by atoms with van der Waals surface area (Å²) in [7, 11) is 0. The Balaban J connectivity index is 1.88. The van der Waals surface area contributed by atoms with E-state index >= 15 is 0 Å². The number of nitrogens with one attached hydrogen (secondary N) is 2. The van der Waals surface area contributed by atoms with E-state index in [1.165, 1.54) is 31.2 Å². The van der Waals surface area contributed by atoms with Crippen LogP contribution in [0.5, 0.6) is 0 Å². The summed E-state index contributed by atoms with van der Waals surface area (Å²) in [5.41, 5.74) is 2.31. The van der Waals surface area contributed by atoms with E-state index in [2.05, 4.69) is 36.6 Å². The van der Waals surface area contributed by atoms with Gasteiger partial charge in [-0.1, -0.05) is 31.9 Å². The number of hydrogen-bond acceptors (Lipinski definition) is 1. The van der Waals surface area contributed by atoms with Crippen LogP contribution < -0.4 is 10.6 Å². The molecule has 0 bridgehead atoms. The third-order valence-corrected chi connectivity index (χ3v) is 3.92. The Morgan fingerprint density at radius 1 is 1.28 bits per heavy atom. The molecular weight excluding hydrogens is 240 g/mol. The first-order valence-electron chi connectivity index (χ1n) is 6.79. The Morgan fingerprint density at radius 3 is 2.78 bits per heavy atom. The van der Waals surface area contributed by atoms with Crippen molar-refractivity contribution >= 4 is 23.0 Å². The first kappa shape index (κ1) is 13.3. The van der Waals surface area contributed by atoms with Crippen molar-refractivity contribution in [1.29, 1.82) is 0 Å². The molecule has 1 aromatic rings. The fraction of sp³-hybridized carbons (Fsp3) is 0.533. The molecule has 1 aliphatic rings. The molecule has 0 saturated heterocycles. The number of aryl methyl sites for hydroxylation is 1. The second kappa shape index (κ2) is 6.19. The third-order valence-electron chi connectivity index (χ3n) is 3.70. The summed E-state index contributed by atoms with van der Waals surface area (Å²) in [6, 6.07) is 8.82. The number of anilines is 1. The Hall–Kier alpha value is -1.09. The van der Waals surface area contributed by atoms with Crippen molar-refractivity contribution in [3.05, 3.63) is 29.8 Å². The number of rotatable bonds is 2. The molecule has 0 spiro atoms. The highest BCUT2D eigenvalue weighted by Gasteiger charge is 2.21. The number of thiocarbonyl (C=S) groups is 1. The normalized spacial score (nSPS) is 23.4. The SMILES string of the molecule is Cc1cccc(NC(=S)N[C@@H]2CCCC[C@H]2C)c1. The highest BCUT2D eigenvalue weighted by atomic mass is 32.1. The second-order valence-electron chi connectivity index (χ2n) is 5.34. The van der Waals surface area contributed by atoms with Crippen LogP contribution in [0.4, 0.5) is 5.69 Å². The van der Waals surface area contributed by atoms with E-state index in [1.807, 2.05) is 12.1 Å². The average molecular weight is 262 g/mol. The lowest BCUT2D eigenvalue weighted by atomic mass is 9.86. The molecule has 0 aliphatic heterocycles. The monoisotopic (exact) mass is 262 g/mol. The molecule has 18 heavy (non-hydrogen) atoms. The zero-order valence-electron chi connectivity index (χ0n) is 11.2. The van der Waals surface area contributed by atoms with Crippen LogP contribution in [0, 0.1) is 12.8 Å². The average Bonchev–Trinajstić information content (AvgIpc) is 2.32. The Bertz CT molecular complexity index is 417. The smallest absolute Gasteiger partial charge is 0.171 e. The molecule has 0 aromatic heterocycles. The largest absolute Gasteiger partial charge is 0.359 e. The molecule has 0 unspecified atom stereocenters. The maximum Gasteiger partial charge on any atom is 0.171 e. The predicted molar refractivity (Wildman–Crippen MR) is 82.0 cm³/mol. The van der Waals surface area contributed by atoms with Gasteiger partial charge in [-0.3, -0.25) is 0 Å². The van der Waals surface area contributed by atoms with Gasteiger partial charge in [0.25, 0.3) is 0 Å².